The van der Waals surface area contributed by atoms with Gasteiger partial charge in [0.15, 0.2) is 11.6 Å². The van der Waals surface area contributed by atoms with E-state index in [9.17, 15) is 22.4 Å². The fraction of sp³-hybridized carbons (Fsp3) is 0.188. The van der Waals surface area contributed by atoms with Gasteiger partial charge in [0.1, 0.15) is 6.61 Å². The third kappa shape index (κ3) is 5.53. The number of amides is 2. The van der Waals surface area contributed by atoms with E-state index >= 15 is 0 Å². The Morgan fingerprint density at radius 2 is 1.88 bits per heavy atom. The van der Waals surface area contributed by atoms with E-state index in [4.69, 9.17) is 16.3 Å². The molecule has 0 heterocycles. The summed E-state index contributed by atoms with van der Waals surface area (Å²) in [6.07, 6.45) is -4.55. The summed E-state index contributed by atoms with van der Waals surface area (Å²) in [6, 6.07) is 7.58. The Bertz CT molecular complexity index is 753. The first kappa shape index (κ1) is 18.9. The standard InChI is InChI=1S/C16H13ClF4N2O2/c17-11-6-5-10(16(19,20)21)9-13(11)23-15(24)22-7-8-25-14-4-2-1-3-12(14)18/h1-6,9H,7-8H2,(H2,22,23,24). The monoisotopic (exact) mass is 376 g/mol. The minimum Gasteiger partial charge on any atom is -0.489 e. The van der Waals surface area contributed by atoms with E-state index < -0.39 is 23.6 Å². The Morgan fingerprint density at radius 1 is 1.16 bits per heavy atom. The van der Waals surface area contributed by atoms with E-state index in [1.807, 2.05) is 0 Å². The summed E-state index contributed by atoms with van der Waals surface area (Å²) in [4.78, 5) is 11.7. The Kier molecular flexibility index (Phi) is 6.08. The molecule has 0 aromatic heterocycles. The fourth-order valence-electron chi connectivity index (χ4n) is 1.85. The van der Waals surface area contributed by atoms with E-state index in [2.05, 4.69) is 10.6 Å². The van der Waals surface area contributed by atoms with Crippen LogP contribution in [-0.4, -0.2) is 19.2 Å². The summed E-state index contributed by atoms with van der Waals surface area (Å²) >= 11 is 5.77. The molecule has 2 aromatic rings. The molecule has 134 valence electrons. The summed E-state index contributed by atoms with van der Waals surface area (Å²) < 4.78 is 56.4. The number of alkyl halides is 3. The van der Waals surface area contributed by atoms with E-state index in [1.54, 1.807) is 6.07 Å². The maximum Gasteiger partial charge on any atom is 0.416 e. The molecule has 9 heteroatoms. The van der Waals surface area contributed by atoms with Crippen LogP contribution in [0, 0.1) is 5.82 Å². The average Bonchev–Trinajstić information content (AvgIpc) is 2.54. The van der Waals surface area contributed by atoms with Crippen molar-refractivity contribution in [1.29, 1.82) is 0 Å². The largest absolute Gasteiger partial charge is 0.489 e. The Labute approximate surface area is 145 Å². The van der Waals surface area contributed by atoms with Gasteiger partial charge in [-0.25, -0.2) is 9.18 Å². The van der Waals surface area contributed by atoms with Crippen molar-refractivity contribution in [2.24, 2.45) is 0 Å². The Hall–Kier alpha value is -2.48. The summed E-state index contributed by atoms with van der Waals surface area (Å²) in [5, 5.41) is 4.55. The maximum absolute atomic E-state index is 13.3. The summed E-state index contributed by atoms with van der Waals surface area (Å²) in [5.74, 6) is -0.506. The van der Waals surface area contributed by atoms with Crippen LogP contribution in [0.3, 0.4) is 0 Å². The van der Waals surface area contributed by atoms with Gasteiger partial charge in [-0.05, 0) is 30.3 Å². The number of anilines is 1. The van der Waals surface area contributed by atoms with Crippen LogP contribution < -0.4 is 15.4 Å². The van der Waals surface area contributed by atoms with Crippen LogP contribution in [0.25, 0.3) is 0 Å². The minimum atomic E-state index is -4.55. The fourth-order valence-corrected chi connectivity index (χ4v) is 2.02. The molecule has 0 aliphatic heterocycles. The molecule has 0 atom stereocenters. The number of halogens is 5. The topological polar surface area (TPSA) is 50.4 Å². The molecule has 0 saturated heterocycles. The summed E-state index contributed by atoms with van der Waals surface area (Å²) in [7, 11) is 0. The number of carbonyl (C=O) groups is 1. The normalized spacial score (nSPS) is 11.1. The molecule has 4 nitrogen and oxygen atoms in total. The maximum atomic E-state index is 13.3. The van der Waals surface area contributed by atoms with Crippen LogP contribution in [0.1, 0.15) is 5.56 Å². The van der Waals surface area contributed by atoms with Gasteiger partial charge in [-0.1, -0.05) is 23.7 Å². The van der Waals surface area contributed by atoms with Gasteiger partial charge >= 0.3 is 12.2 Å². The van der Waals surface area contributed by atoms with Crippen molar-refractivity contribution in [3.8, 4) is 5.75 Å². The summed E-state index contributed by atoms with van der Waals surface area (Å²) in [6.45, 7) is -0.0125. The molecule has 0 aliphatic carbocycles. The van der Waals surface area contributed by atoms with Crippen molar-refractivity contribution in [3.63, 3.8) is 0 Å². The highest BCUT2D eigenvalue weighted by atomic mass is 35.5. The van der Waals surface area contributed by atoms with E-state index in [0.717, 1.165) is 18.2 Å². The van der Waals surface area contributed by atoms with Gasteiger partial charge < -0.3 is 15.4 Å². The molecule has 25 heavy (non-hydrogen) atoms. The Morgan fingerprint density at radius 3 is 2.56 bits per heavy atom. The second kappa shape index (κ2) is 8.06. The third-order valence-electron chi connectivity index (χ3n) is 3.02. The van der Waals surface area contributed by atoms with Gasteiger partial charge in [-0.3, -0.25) is 0 Å². The molecule has 2 rings (SSSR count). The predicted octanol–water partition coefficient (Wildman–Crippen LogP) is 4.70. The third-order valence-corrected chi connectivity index (χ3v) is 3.35. The lowest BCUT2D eigenvalue weighted by atomic mass is 10.2. The minimum absolute atomic E-state index is 0.0107. The lowest BCUT2D eigenvalue weighted by molar-refractivity contribution is -0.137. The van der Waals surface area contributed by atoms with Crippen LogP contribution in [0.5, 0.6) is 5.75 Å². The number of hydrogen-bond donors (Lipinski definition) is 2. The highest BCUT2D eigenvalue weighted by molar-refractivity contribution is 6.33. The molecular weight excluding hydrogens is 364 g/mol. The molecule has 0 aliphatic rings. The molecular formula is C16H13ClF4N2O2. The average molecular weight is 377 g/mol. The number of rotatable bonds is 5. The molecule has 0 radical (unpaired) electrons. The number of hydrogen-bond acceptors (Lipinski definition) is 2. The molecule has 0 unspecified atom stereocenters. The SMILES string of the molecule is O=C(NCCOc1ccccc1F)Nc1cc(C(F)(F)F)ccc1Cl. The molecule has 0 spiro atoms. The number of carbonyl (C=O) groups excluding carboxylic acids is 1. The number of ether oxygens (including phenoxy) is 1. The van der Waals surface area contributed by atoms with Crippen molar-refractivity contribution in [2.45, 2.75) is 6.18 Å². The highest BCUT2D eigenvalue weighted by Crippen LogP contribution is 2.33. The van der Waals surface area contributed by atoms with Crippen LogP contribution >= 0.6 is 11.6 Å². The zero-order valence-electron chi connectivity index (χ0n) is 12.7. The van der Waals surface area contributed by atoms with Crippen LogP contribution in [0.15, 0.2) is 42.5 Å². The van der Waals surface area contributed by atoms with Crippen LogP contribution in [0.2, 0.25) is 5.02 Å². The molecule has 2 aromatic carbocycles. The highest BCUT2D eigenvalue weighted by Gasteiger charge is 2.31. The molecule has 0 bridgehead atoms. The van der Waals surface area contributed by atoms with Gasteiger partial charge in [-0.2, -0.15) is 13.2 Å². The van der Waals surface area contributed by atoms with Gasteiger partial charge in [-0.15, -0.1) is 0 Å². The predicted molar refractivity (Wildman–Crippen MR) is 85.4 cm³/mol. The number of benzene rings is 2. The van der Waals surface area contributed by atoms with Crippen LogP contribution in [-0.2, 0) is 6.18 Å². The zero-order chi connectivity index (χ0) is 18.4. The van der Waals surface area contributed by atoms with E-state index in [1.165, 1.54) is 18.2 Å². The van der Waals surface area contributed by atoms with Crippen molar-refractivity contribution in [1.82, 2.24) is 5.32 Å². The summed E-state index contributed by atoms with van der Waals surface area (Å²) in [5.41, 5.74) is -1.11. The lowest BCUT2D eigenvalue weighted by Crippen LogP contribution is -2.32. The first-order valence-corrected chi connectivity index (χ1v) is 7.44. The molecule has 2 amide bonds. The molecule has 0 fully saturated rings. The second-order valence-corrected chi connectivity index (χ2v) is 5.26. The molecule has 2 N–H and O–H groups in total. The lowest BCUT2D eigenvalue weighted by Gasteiger charge is -2.12. The van der Waals surface area contributed by atoms with Crippen molar-refractivity contribution >= 4 is 23.3 Å². The second-order valence-electron chi connectivity index (χ2n) is 4.85. The number of nitrogens with one attached hydrogen (secondary N) is 2. The van der Waals surface area contributed by atoms with E-state index in [0.29, 0.717) is 0 Å². The van der Waals surface area contributed by atoms with Gasteiger partial charge in [0.05, 0.1) is 22.8 Å². The number of urea groups is 1. The Balaban J connectivity index is 1.85. The van der Waals surface area contributed by atoms with Gasteiger partial charge in [0, 0.05) is 0 Å². The smallest absolute Gasteiger partial charge is 0.416 e. The van der Waals surface area contributed by atoms with E-state index in [-0.39, 0.29) is 29.6 Å². The van der Waals surface area contributed by atoms with Gasteiger partial charge in [0.25, 0.3) is 0 Å². The molecule has 0 saturated carbocycles. The first-order valence-electron chi connectivity index (χ1n) is 7.06. The van der Waals surface area contributed by atoms with Crippen LogP contribution in [0.4, 0.5) is 28.0 Å². The first-order chi connectivity index (χ1) is 11.8. The van der Waals surface area contributed by atoms with Crippen molar-refractivity contribution in [2.75, 3.05) is 18.5 Å². The zero-order valence-corrected chi connectivity index (χ0v) is 13.4. The quantitative estimate of drug-likeness (QED) is 0.587. The van der Waals surface area contributed by atoms with Crippen molar-refractivity contribution in [3.05, 3.63) is 58.9 Å². The van der Waals surface area contributed by atoms with Crippen molar-refractivity contribution < 1.29 is 27.1 Å². The number of para-hydroxylation sites is 1. The van der Waals surface area contributed by atoms with Gasteiger partial charge in [0.2, 0.25) is 0 Å².